The van der Waals surface area contributed by atoms with Gasteiger partial charge < -0.3 is 0 Å². The third-order valence-electron chi connectivity index (χ3n) is 2.26. The number of fused-ring (bicyclic) bond motifs is 1. The van der Waals surface area contributed by atoms with Crippen LogP contribution in [0.4, 0.5) is 0 Å². The van der Waals surface area contributed by atoms with E-state index in [1.165, 1.54) is 5.56 Å². The summed E-state index contributed by atoms with van der Waals surface area (Å²) in [4.78, 5) is 4.56. The van der Waals surface area contributed by atoms with Crippen molar-refractivity contribution in [2.24, 2.45) is 0 Å². The quantitative estimate of drug-likeness (QED) is 0.802. The summed E-state index contributed by atoms with van der Waals surface area (Å²) in [5.41, 5.74) is 3.42. The molecule has 0 fully saturated rings. The first kappa shape index (κ1) is 9.71. The fraction of sp³-hybridized carbons (Fsp3) is 0.364. The van der Waals surface area contributed by atoms with Crippen LogP contribution >= 0.6 is 15.9 Å². The Labute approximate surface area is 92.1 Å². The molecule has 74 valence electrons. The van der Waals surface area contributed by atoms with Crippen LogP contribution in [-0.4, -0.2) is 9.38 Å². The van der Waals surface area contributed by atoms with E-state index in [1.54, 1.807) is 0 Å². The molecular weight excluding hydrogens is 240 g/mol. The summed E-state index contributed by atoms with van der Waals surface area (Å²) in [6, 6.07) is 4.14. The van der Waals surface area contributed by atoms with Gasteiger partial charge in [-0.2, -0.15) is 0 Å². The van der Waals surface area contributed by atoms with Crippen molar-refractivity contribution in [2.75, 3.05) is 0 Å². The van der Waals surface area contributed by atoms with E-state index in [1.807, 2.05) is 0 Å². The van der Waals surface area contributed by atoms with Gasteiger partial charge in [-0.3, -0.25) is 4.40 Å². The van der Waals surface area contributed by atoms with E-state index in [0.717, 1.165) is 28.8 Å². The number of nitrogens with zero attached hydrogens (tertiary/aromatic N) is 2. The number of hydrogen-bond acceptors (Lipinski definition) is 1. The Morgan fingerprint density at radius 1 is 1.43 bits per heavy atom. The number of aromatic nitrogens is 2. The molecule has 2 rings (SSSR count). The van der Waals surface area contributed by atoms with Gasteiger partial charge in [-0.1, -0.05) is 19.4 Å². The number of rotatable bonds is 2. The zero-order chi connectivity index (χ0) is 10.1. The van der Waals surface area contributed by atoms with Gasteiger partial charge >= 0.3 is 0 Å². The summed E-state index contributed by atoms with van der Waals surface area (Å²) >= 11 is 3.59. The number of halogens is 1. The van der Waals surface area contributed by atoms with E-state index in [4.69, 9.17) is 0 Å². The zero-order valence-corrected chi connectivity index (χ0v) is 10.0. The zero-order valence-electron chi connectivity index (χ0n) is 8.42. The highest BCUT2D eigenvalue weighted by Crippen LogP contribution is 2.20. The molecule has 0 aliphatic carbocycles. The maximum absolute atomic E-state index is 4.56. The standard InChI is InChI=1S/C11H13BrN2/c1-3-4-9-11(12)14-7-8(2)5-6-10(14)13-9/h5-7H,3-4H2,1-2H3. The second kappa shape index (κ2) is 3.73. The Morgan fingerprint density at radius 2 is 2.21 bits per heavy atom. The molecule has 2 heterocycles. The lowest BCUT2D eigenvalue weighted by atomic mass is 10.3. The highest BCUT2D eigenvalue weighted by atomic mass is 79.9. The molecule has 0 saturated carbocycles. The van der Waals surface area contributed by atoms with Crippen LogP contribution in [0.15, 0.2) is 22.9 Å². The molecule has 2 nitrogen and oxygen atoms in total. The number of aryl methyl sites for hydroxylation is 2. The van der Waals surface area contributed by atoms with Gasteiger partial charge in [0.15, 0.2) is 0 Å². The van der Waals surface area contributed by atoms with Crippen LogP contribution in [-0.2, 0) is 6.42 Å². The van der Waals surface area contributed by atoms with Gasteiger partial charge in [-0.05, 0) is 40.9 Å². The van der Waals surface area contributed by atoms with Crippen LogP contribution in [0.2, 0.25) is 0 Å². The fourth-order valence-electron chi connectivity index (χ4n) is 1.57. The van der Waals surface area contributed by atoms with E-state index in [0.29, 0.717) is 0 Å². The Morgan fingerprint density at radius 3 is 2.93 bits per heavy atom. The smallest absolute Gasteiger partial charge is 0.137 e. The summed E-state index contributed by atoms with van der Waals surface area (Å²) in [5.74, 6) is 0. The van der Waals surface area contributed by atoms with Gasteiger partial charge in [0.1, 0.15) is 10.3 Å². The normalized spacial score (nSPS) is 11.1. The van der Waals surface area contributed by atoms with Crippen molar-refractivity contribution in [1.29, 1.82) is 0 Å². The third kappa shape index (κ3) is 1.57. The molecule has 0 bridgehead atoms. The molecule has 0 aliphatic heterocycles. The molecule has 0 unspecified atom stereocenters. The second-order valence-electron chi connectivity index (χ2n) is 3.53. The molecule has 0 amide bonds. The summed E-state index contributed by atoms with van der Waals surface area (Å²) in [5, 5.41) is 0. The predicted octanol–water partition coefficient (Wildman–Crippen LogP) is 3.36. The summed E-state index contributed by atoms with van der Waals surface area (Å²) < 4.78 is 3.19. The van der Waals surface area contributed by atoms with Gasteiger partial charge in [-0.25, -0.2) is 4.98 Å². The van der Waals surface area contributed by atoms with E-state index >= 15 is 0 Å². The highest BCUT2D eigenvalue weighted by Gasteiger charge is 2.07. The van der Waals surface area contributed by atoms with Crippen LogP contribution in [0.1, 0.15) is 24.6 Å². The minimum Gasteiger partial charge on any atom is -0.294 e. The summed E-state index contributed by atoms with van der Waals surface area (Å²) in [7, 11) is 0. The lowest BCUT2D eigenvalue weighted by Gasteiger charge is -1.96. The minimum atomic E-state index is 1.02. The van der Waals surface area contributed by atoms with Gasteiger partial charge in [0.25, 0.3) is 0 Å². The lowest BCUT2D eigenvalue weighted by Crippen LogP contribution is -1.86. The molecule has 0 spiro atoms. The van der Waals surface area contributed by atoms with Gasteiger partial charge in [0, 0.05) is 6.20 Å². The molecule has 2 aromatic heterocycles. The molecule has 0 saturated heterocycles. The predicted molar refractivity (Wildman–Crippen MR) is 61.6 cm³/mol. The maximum atomic E-state index is 4.56. The molecule has 0 radical (unpaired) electrons. The van der Waals surface area contributed by atoms with Crippen LogP contribution in [0, 0.1) is 6.92 Å². The topological polar surface area (TPSA) is 17.3 Å². The minimum absolute atomic E-state index is 1.02. The monoisotopic (exact) mass is 252 g/mol. The fourth-order valence-corrected chi connectivity index (χ4v) is 2.14. The van der Waals surface area contributed by atoms with Crippen molar-refractivity contribution in [3.8, 4) is 0 Å². The molecule has 3 heteroatoms. The van der Waals surface area contributed by atoms with Crippen molar-refractivity contribution in [3.63, 3.8) is 0 Å². The Hall–Kier alpha value is -0.830. The van der Waals surface area contributed by atoms with Gasteiger partial charge in [0.05, 0.1) is 5.69 Å². The van der Waals surface area contributed by atoms with Crippen LogP contribution < -0.4 is 0 Å². The van der Waals surface area contributed by atoms with Crippen LogP contribution in [0.3, 0.4) is 0 Å². The Bertz CT molecular complexity index is 460. The molecule has 0 atom stereocenters. The van der Waals surface area contributed by atoms with E-state index in [2.05, 4.69) is 57.5 Å². The molecular formula is C11H13BrN2. The largest absolute Gasteiger partial charge is 0.294 e. The van der Waals surface area contributed by atoms with E-state index < -0.39 is 0 Å². The number of imidazole rings is 1. The second-order valence-corrected chi connectivity index (χ2v) is 4.29. The van der Waals surface area contributed by atoms with Crippen molar-refractivity contribution >= 4 is 21.6 Å². The summed E-state index contributed by atoms with van der Waals surface area (Å²) in [6.07, 6.45) is 4.26. The average molecular weight is 253 g/mol. The first-order valence-electron chi connectivity index (χ1n) is 4.85. The SMILES string of the molecule is CCCc1nc2ccc(C)cn2c1Br. The Kier molecular flexibility index (Phi) is 2.59. The molecule has 2 aromatic rings. The lowest BCUT2D eigenvalue weighted by molar-refractivity contribution is 0.886. The van der Waals surface area contributed by atoms with E-state index in [-0.39, 0.29) is 0 Å². The molecule has 0 N–H and O–H groups in total. The number of hydrogen-bond donors (Lipinski definition) is 0. The number of pyridine rings is 1. The summed E-state index contributed by atoms with van der Waals surface area (Å²) in [6.45, 7) is 4.26. The Balaban J connectivity index is 2.62. The maximum Gasteiger partial charge on any atom is 0.137 e. The van der Waals surface area contributed by atoms with Crippen molar-refractivity contribution in [3.05, 3.63) is 34.2 Å². The van der Waals surface area contributed by atoms with Crippen molar-refractivity contribution < 1.29 is 0 Å². The van der Waals surface area contributed by atoms with Crippen LogP contribution in [0.25, 0.3) is 5.65 Å². The van der Waals surface area contributed by atoms with Gasteiger partial charge in [0.2, 0.25) is 0 Å². The first-order chi connectivity index (χ1) is 6.72. The van der Waals surface area contributed by atoms with E-state index in [9.17, 15) is 0 Å². The molecule has 0 aliphatic rings. The van der Waals surface area contributed by atoms with Crippen molar-refractivity contribution in [2.45, 2.75) is 26.7 Å². The molecule has 0 aromatic carbocycles. The van der Waals surface area contributed by atoms with Gasteiger partial charge in [-0.15, -0.1) is 0 Å². The third-order valence-corrected chi connectivity index (χ3v) is 3.10. The van der Waals surface area contributed by atoms with Crippen LogP contribution in [0.5, 0.6) is 0 Å². The first-order valence-corrected chi connectivity index (χ1v) is 5.64. The van der Waals surface area contributed by atoms with Crippen molar-refractivity contribution in [1.82, 2.24) is 9.38 Å². The highest BCUT2D eigenvalue weighted by molar-refractivity contribution is 9.10. The molecule has 14 heavy (non-hydrogen) atoms. The average Bonchev–Trinajstić information content (AvgIpc) is 2.46.